The maximum atomic E-state index is 12.8. The number of nitrogens with one attached hydrogen (secondary N) is 1. The topological polar surface area (TPSA) is 56.8 Å². The van der Waals surface area contributed by atoms with Crippen LogP contribution in [-0.4, -0.2) is 26.4 Å². The van der Waals surface area contributed by atoms with Gasteiger partial charge in [-0.05, 0) is 48.5 Å². The van der Waals surface area contributed by atoms with Gasteiger partial charge in [-0.1, -0.05) is 0 Å². The highest BCUT2D eigenvalue weighted by molar-refractivity contribution is 5.66. The third-order valence-electron chi connectivity index (χ3n) is 2.66. The Balaban J connectivity index is 1.80. The zero-order valence-electron chi connectivity index (χ0n) is 12.0. The molecule has 0 fully saturated rings. The van der Waals surface area contributed by atoms with Gasteiger partial charge in [0.15, 0.2) is 0 Å². The van der Waals surface area contributed by atoms with E-state index in [1.165, 1.54) is 19.2 Å². The summed E-state index contributed by atoms with van der Waals surface area (Å²) in [5.74, 6) is 1.48. The number of rotatable bonds is 6. The minimum Gasteiger partial charge on any atom is -0.490 e. The second-order valence-electron chi connectivity index (χ2n) is 4.26. The van der Waals surface area contributed by atoms with E-state index in [9.17, 15) is 9.18 Å². The van der Waals surface area contributed by atoms with Crippen molar-refractivity contribution in [3.8, 4) is 17.2 Å². The molecular formula is C16H16FNO4. The molecule has 0 bridgehead atoms. The lowest BCUT2D eigenvalue weighted by molar-refractivity contribution is 0.127. The maximum absolute atomic E-state index is 12.8. The molecule has 6 heteroatoms. The van der Waals surface area contributed by atoms with Crippen LogP contribution in [0.15, 0.2) is 48.5 Å². The molecule has 1 amide bonds. The number of carbonyl (C=O) groups excluding carboxylic acids is 1. The zero-order chi connectivity index (χ0) is 15.8. The third-order valence-corrected chi connectivity index (χ3v) is 2.66. The van der Waals surface area contributed by atoms with E-state index in [0.717, 1.165) is 0 Å². The lowest BCUT2D eigenvalue weighted by Gasteiger charge is -2.09. The van der Waals surface area contributed by atoms with Gasteiger partial charge in [-0.15, -0.1) is 0 Å². The standard InChI is InChI=1S/C16H16FNO4/c1-18-16(19)21-11-10-20-13-6-8-15(9-7-13)22-14-4-2-12(17)3-5-14/h2-9H,10-11H2,1H3,(H,18,19). The zero-order valence-corrected chi connectivity index (χ0v) is 12.0. The molecule has 22 heavy (non-hydrogen) atoms. The molecule has 0 saturated heterocycles. The Morgan fingerprint density at radius 1 is 0.955 bits per heavy atom. The number of alkyl carbamates (subject to hydrolysis) is 1. The number of benzene rings is 2. The summed E-state index contributed by atoms with van der Waals surface area (Å²) in [6.07, 6.45) is -0.494. The highest BCUT2D eigenvalue weighted by atomic mass is 19.1. The van der Waals surface area contributed by atoms with E-state index in [0.29, 0.717) is 17.2 Å². The summed E-state index contributed by atoms with van der Waals surface area (Å²) in [5.41, 5.74) is 0. The lowest BCUT2D eigenvalue weighted by Crippen LogP contribution is -2.21. The molecule has 2 aromatic carbocycles. The molecule has 0 aliphatic heterocycles. The summed E-state index contributed by atoms with van der Waals surface area (Å²) < 4.78 is 28.6. The molecule has 0 aliphatic carbocycles. The summed E-state index contributed by atoms with van der Waals surface area (Å²) in [6, 6.07) is 12.7. The van der Waals surface area contributed by atoms with Crippen LogP contribution in [0.3, 0.4) is 0 Å². The second kappa shape index (κ2) is 7.87. The van der Waals surface area contributed by atoms with Gasteiger partial charge in [0.2, 0.25) is 0 Å². The van der Waals surface area contributed by atoms with Gasteiger partial charge in [0.1, 0.15) is 36.3 Å². The molecule has 0 aliphatic rings. The molecule has 2 rings (SSSR count). The number of amides is 1. The molecule has 116 valence electrons. The first-order valence-electron chi connectivity index (χ1n) is 6.68. The van der Waals surface area contributed by atoms with Crippen LogP contribution < -0.4 is 14.8 Å². The predicted molar refractivity (Wildman–Crippen MR) is 78.8 cm³/mol. The van der Waals surface area contributed by atoms with Gasteiger partial charge in [0, 0.05) is 7.05 Å². The summed E-state index contributed by atoms with van der Waals surface area (Å²) in [7, 11) is 1.49. The van der Waals surface area contributed by atoms with E-state index in [1.54, 1.807) is 36.4 Å². The Kier molecular flexibility index (Phi) is 5.59. The highest BCUT2D eigenvalue weighted by Gasteiger charge is 2.01. The van der Waals surface area contributed by atoms with E-state index >= 15 is 0 Å². The number of hydrogen-bond donors (Lipinski definition) is 1. The van der Waals surface area contributed by atoms with Crippen LogP contribution in [-0.2, 0) is 4.74 Å². The van der Waals surface area contributed by atoms with E-state index in [-0.39, 0.29) is 19.0 Å². The van der Waals surface area contributed by atoms with Gasteiger partial charge in [-0.25, -0.2) is 9.18 Å². The Morgan fingerprint density at radius 2 is 1.50 bits per heavy atom. The minimum absolute atomic E-state index is 0.160. The van der Waals surface area contributed by atoms with Crippen molar-refractivity contribution in [3.05, 3.63) is 54.3 Å². The van der Waals surface area contributed by atoms with Crippen LogP contribution in [0.4, 0.5) is 9.18 Å². The third kappa shape index (κ3) is 4.97. The van der Waals surface area contributed by atoms with Crippen LogP contribution in [0.1, 0.15) is 0 Å². The molecule has 0 atom stereocenters. The molecule has 5 nitrogen and oxygen atoms in total. The summed E-state index contributed by atoms with van der Waals surface area (Å²) >= 11 is 0. The molecule has 0 aromatic heterocycles. The Labute approximate surface area is 127 Å². The van der Waals surface area contributed by atoms with Crippen molar-refractivity contribution in [2.75, 3.05) is 20.3 Å². The average molecular weight is 305 g/mol. The highest BCUT2D eigenvalue weighted by Crippen LogP contribution is 2.23. The fraction of sp³-hybridized carbons (Fsp3) is 0.188. The molecule has 2 aromatic rings. The molecule has 1 N–H and O–H groups in total. The smallest absolute Gasteiger partial charge is 0.406 e. The minimum atomic E-state index is -0.494. The van der Waals surface area contributed by atoms with Crippen molar-refractivity contribution < 1.29 is 23.4 Å². The van der Waals surface area contributed by atoms with E-state index in [1.807, 2.05) is 0 Å². The molecule has 0 unspecified atom stereocenters. The van der Waals surface area contributed by atoms with Gasteiger partial charge in [-0.2, -0.15) is 0 Å². The summed E-state index contributed by atoms with van der Waals surface area (Å²) in [5, 5.41) is 2.34. The molecule has 0 radical (unpaired) electrons. The maximum Gasteiger partial charge on any atom is 0.406 e. The summed E-state index contributed by atoms with van der Waals surface area (Å²) in [6.45, 7) is 0.416. The fourth-order valence-corrected chi connectivity index (χ4v) is 1.61. The first-order valence-corrected chi connectivity index (χ1v) is 6.68. The second-order valence-corrected chi connectivity index (χ2v) is 4.26. The number of hydrogen-bond acceptors (Lipinski definition) is 4. The molecule has 0 heterocycles. The fourth-order valence-electron chi connectivity index (χ4n) is 1.61. The Hall–Kier alpha value is -2.76. The monoisotopic (exact) mass is 305 g/mol. The SMILES string of the molecule is CNC(=O)OCCOc1ccc(Oc2ccc(F)cc2)cc1. The van der Waals surface area contributed by atoms with Crippen LogP contribution in [0.25, 0.3) is 0 Å². The van der Waals surface area contributed by atoms with Crippen LogP contribution in [0.5, 0.6) is 17.2 Å². The Bertz CT molecular complexity index is 599. The van der Waals surface area contributed by atoms with Gasteiger partial charge in [0.25, 0.3) is 0 Å². The van der Waals surface area contributed by atoms with Crippen molar-refractivity contribution >= 4 is 6.09 Å². The van der Waals surface area contributed by atoms with Crippen molar-refractivity contribution in [3.63, 3.8) is 0 Å². The quantitative estimate of drug-likeness (QED) is 0.832. The first kappa shape index (κ1) is 15.6. The van der Waals surface area contributed by atoms with Gasteiger partial charge < -0.3 is 19.5 Å². The van der Waals surface area contributed by atoms with Gasteiger partial charge >= 0.3 is 6.09 Å². The number of carbonyl (C=O) groups is 1. The normalized spacial score (nSPS) is 9.91. The van der Waals surface area contributed by atoms with Crippen LogP contribution >= 0.6 is 0 Å². The lowest BCUT2D eigenvalue weighted by atomic mass is 10.3. The van der Waals surface area contributed by atoms with Crippen molar-refractivity contribution in [1.82, 2.24) is 5.32 Å². The first-order chi connectivity index (χ1) is 10.7. The predicted octanol–water partition coefficient (Wildman–Crippen LogP) is 3.35. The summed E-state index contributed by atoms with van der Waals surface area (Å²) in [4.78, 5) is 10.8. The number of halogens is 1. The van der Waals surface area contributed by atoms with E-state index < -0.39 is 6.09 Å². The molecule has 0 saturated carbocycles. The van der Waals surface area contributed by atoms with E-state index in [2.05, 4.69) is 5.32 Å². The number of ether oxygens (including phenoxy) is 3. The van der Waals surface area contributed by atoms with Gasteiger partial charge in [-0.3, -0.25) is 0 Å². The van der Waals surface area contributed by atoms with Crippen molar-refractivity contribution in [2.24, 2.45) is 0 Å². The average Bonchev–Trinajstić information content (AvgIpc) is 2.55. The van der Waals surface area contributed by atoms with Gasteiger partial charge in [0.05, 0.1) is 0 Å². The van der Waals surface area contributed by atoms with Crippen LogP contribution in [0.2, 0.25) is 0 Å². The molecule has 0 spiro atoms. The largest absolute Gasteiger partial charge is 0.490 e. The van der Waals surface area contributed by atoms with Crippen molar-refractivity contribution in [1.29, 1.82) is 0 Å². The van der Waals surface area contributed by atoms with E-state index in [4.69, 9.17) is 14.2 Å². The van der Waals surface area contributed by atoms with Crippen LogP contribution in [0, 0.1) is 5.82 Å². The van der Waals surface area contributed by atoms with Crippen molar-refractivity contribution in [2.45, 2.75) is 0 Å². The Morgan fingerprint density at radius 3 is 2.09 bits per heavy atom. The molecular weight excluding hydrogens is 289 g/mol.